The minimum absolute atomic E-state index is 0.782. The van der Waals surface area contributed by atoms with Crippen molar-refractivity contribution in [3.05, 3.63) is 24.8 Å². The molecule has 2 aromatic rings. The zero-order chi connectivity index (χ0) is 5.40. The average molecular weight is 105 g/mol. The van der Waals surface area contributed by atoms with Crippen molar-refractivity contribution in [2.24, 2.45) is 0 Å². The van der Waals surface area contributed by atoms with E-state index in [9.17, 15) is 0 Å². The van der Waals surface area contributed by atoms with E-state index in [0.29, 0.717) is 0 Å². The molecule has 0 aromatic carbocycles. The van der Waals surface area contributed by atoms with Crippen LogP contribution in [0.4, 0.5) is 0 Å². The third-order valence-electron chi connectivity index (χ3n) is 0.999. The minimum Gasteiger partial charge on any atom is -0.322 e. The van der Waals surface area contributed by atoms with Crippen LogP contribution in [0.25, 0.3) is 5.78 Å². The van der Waals surface area contributed by atoms with Gasteiger partial charge in [-0.05, 0) is 0 Å². The first kappa shape index (κ1) is 3.72. The largest absolute Gasteiger partial charge is 0.322 e. The number of fused-ring (bicyclic) bond motifs is 1. The lowest BCUT2D eigenvalue weighted by atomic mass is 10.9. The number of rotatable bonds is 0. The fourth-order valence-electron chi connectivity index (χ4n) is 0.628. The van der Waals surface area contributed by atoms with Gasteiger partial charge in [0.2, 0.25) is 5.78 Å². The monoisotopic (exact) mass is 105 g/mol. The first-order valence-electron chi connectivity index (χ1n) is 2.26. The maximum atomic E-state index is 3.83. The Morgan fingerprint density at radius 2 is 2.62 bits per heavy atom. The SMILES string of the molecule is [c]1cn2c[c][nH]c2n1. The Kier molecular flexibility index (Phi) is 0.521. The molecule has 2 rings (SSSR count). The van der Waals surface area contributed by atoms with Crippen LogP contribution in [-0.4, -0.2) is 14.4 Å². The second kappa shape index (κ2) is 1.12. The minimum atomic E-state index is 0.782. The quantitative estimate of drug-likeness (QED) is 0.512. The van der Waals surface area contributed by atoms with Crippen LogP contribution in [-0.2, 0) is 0 Å². The summed E-state index contributed by atoms with van der Waals surface area (Å²) in [5, 5.41) is 0. The van der Waals surface area contributed by atoms with Crippen LogP contribution in [0.15, 0.2) is 12.4 Å². The van der Waals surface area contributed by atoms with Crippen LogP contribution >= 0.6 is 0 Å². The summed E-state index contributed by atoms with van der Waals surface area (Å²) in [6.07, 6.45) is 8.95. The Labute approximate surface area is 46.0 Å². The number of hydrogen-bond donors (Lipinski definition) is 1. The fraction of sp³-hybridized carbons (Fsp3) is 0. The van der Waals surface area contributed by atoms with Crippen molar-refractivity contribution < 1.29 is 0 Å². The molecule has 0 aliphatic carbocycles. The van der Waals surface area contributed by atoms with Crippen LogP contribution in [0.5, 0.6) is 0 Å². The Balaban J connectivity index is 3.06. The van der Waals surface area contributed by atoms with Crippen molar-refractivity contribution in [3.8, 4) is 0 Å². The predicted octanol–water partition coefficient (Wildman–Crippen LogP) is 0.263. The second-order valence-electron chi connectivity index (χ2n) is 1.50. The Morgan fingerprint density at radius 3 is 3.50 bits per heavy atom. The van der Waals surface area contributed by atoms with E-state index in [4.69, 9.17) is 0 Å². The molecule has 0 saturated heterocycles. The molecule has 0 saturated carbocycles. The molecule has 8 heavy (non-hydrogen) atoms. The van der Waals surface area contributed by atoms with Crippen molar-refractivity contribution in [2.45, 2.75) is 0 Å². The Hall–Kier alpha value is -1.25. The molecule has 0 aliphatic rings. The van der Waals surface area contributed by atoms with Crippen LogP contribution in [0.3, 0.4) is 0 Å². The lowest BCUT2D eigenvalue weighted by Gasteiger charge is -1.71. The Morgan fingerprint density at radius 1 is 1.62 bits per heavy atom. The summed E-state index contributed by atoms with van der Waals surface area (Å²) in [5.41, 5.74) is 0. The van der Waals surface area contributed by atoms with Gasteiger partial charge in [0, 0.05) is 12.4 Å². The van der Waals surface area contributed by atoms with Crippen LogP contribution < -0.4 is 0 Å². The lowest BCUT2D eigenvalue weighted by molar-refractivity contribution is 1.21. The smallest absolute Gasteiger partial charge is 0.212 e. The van der Waals surface area contributed by atoms with E-state index in [1.165, 1.54) is 0 Å². The van der Waals surface area contributed by atoms with Gasteiger partial charge in [0.05, 0.1) is 6.20 Å². The number of nitrogens with zero attached hydrogens (tertiary/aromatic N) is 2. The van der Waals surface area contributed by atoms with Gasteiger partial charge in [-0.1, -0.05) is 0 Å². The average Bonchev–Trinajstić information content (AvgIpc) is 2.15. The molecular formula is C5H3N3. The van der Waals surface area contributed by atoms with Crippen molar-refractivity contribution in [2.75, 3.05) is 0 Å². The first-order valence-corrected chi connectivity index (χ1v) is 2.26. The summed E-state index contributed by atoms with van der Waals surface area (Å²) in [6.45, 7) is 0. The van der Waals surface area contributed by atoms with E-state index >= 15 is 0 Å². The number of imidazole rings is 2. The molecule has 0 atom stereocenters. The van der Waals surface area contributed by atoms with E-state index in [1.54, 1.807) is 16.8 Å². The summed E-state index contributed by atoms with van der Waals surface area (Å²) in [7, 11) is 0. The normalized spacial score (nSPS) is 10.5. The third kappa shape index (κ3) is 0.307. The van der Waals surface area contributed by atoms with Gasteiger partial charge in [0.1, 0.15) is 6.20 Å². The van der Waals surface area contributed by atoms with Gasteiger partial charge in [-0.25, -0.2) is 4.98 Å². The number of hydrogen-bond acceptors (Lipinski definition) is 1. The van der Waals surface area contributed by atoms with E-state index in [0.717, 1.165) is 5.78 Å². The maximum Gasteiger partial charge on any atom is 0.212 e. The van der Waals surface area contributed by atoms with Gasteiger partial charge < -0.3 is 4.98 Å². The van der Waals surface area contributed by atoms with Crippen molar-refractivity contribution >= 4 is 5.78 Å². The van der Waals surface area contributed by atoms with Crippen LogP contribution in [0.1, 0.15) is 0 Å². The highest BCUT2D eigenvalue weighted by atomic mass is 15.1. The number of aromatic amines is 1. The highest BCUT2D eigenvalue weighted by Crippen LogP contribution is 1.91. The molecule has 0 fully saturated rings. The fourth-order valence-corrected chi connectivity index (χ4v) is 0.628. The van der Waals surface area contributed by atoms with Gasteiger partial charge in [-0.3, -0.25) is 4.40 Å². The summed E-state index contributed by atoms with van der Waals surface area (Å²) >= 11 is 0. The summed E-state index contributed by atoms with van der Waals surface area (Å²) < 4.78 is 1.81. The summed E-state index contributed by atoms with van der Waals surface area (Å²) in [6, 6.07) is 0. The molecule has 2 radical (unpaired) electrons. The predicted molar refractivity (Wildman–Crippen MR) is 27.2 cm³/mol. The van der Waals surface area contributed by atoms with E-state index in [1.807, 2.05) is 0 Å². The summed E-state index contributed by atoms with van der Waals surface area (Å²) in [5.74, 6) is 0.782. The van der Waals surface area contributed by atoms with Crippen LogP contribution in [0, 0.1) is 12.4 Å². The molecule has 2 aromatic heterocycles. The highest BCUT2D eigenvalue weighted by molar-refractivity contribution is 5.25. The molecule has 0 spiro atoms. The van der Waals surface area contributed by atoms with Crippen molar-refractivity contribution in [1.82, 2.24) is 14.4 Å². The molecule has 3 heteroatoms. The molecule has 1 N–H and O–H groups in total. The molecule has 0 bridgehead atoms. The molecule has 0 amide bonds. The molecule has 3 nitrogen and oxygen atoms in total. The van der Waals surface area contributed by atoms with Gasteiger partial charge in [-0.2, -0.15) is 0 Å². The topological polar surface area (TPSA) is 33.1 Å². The van der Waals surface area contributed by atoms with E-state index < -0.39 is 0 Å². The summed E-state index contributed by atoms with van der Waals surface area (Å²) in [4.78, 5) is 6.62. The third-order valence-corrected chi connectivity index (χ3v) is 0.999. The van der Waals surface area contributed by atoms with Crippen LogP contribution in [0.2, 0.25) is 0 Å². The zero-order valence-electron chi connectivity index (χ0n) is 4.05. The number of H-pyrrole nitrogens is 1. The number of aromatic nitrogens is 3. The van der Waals surface area contributed by atoms with Gasteiger partial charge in [-0.15, -0.1) is 0 Å². The van der Waals surface area contributed by atoms with E-state index in [2.05, 4.69) is 22.4 Å². The lowest BCUT2D eigenvalue weighted by Crippen LogP contribution is -1.70. The number of nitrogens with one attached hydrogen (secondary N) is 1. The highest BCUT2D eigenvalue weighted by Gasteiger charge is 1.88. The maximum absolute atomic E-state index is 3.83. The molecule has 2 heterocycles. The second-order valence-corrected chi connectivity index (χ2v) is 1.50. The van der Waals surface area contributed by atoms with E-state index in [-0.39, 0.29) is 0 Å². The van der Waals surface area contributed by atoms with Crippen molar-refractivity contribution in [3.63, 3.8) is 0 Å². The molecular weight excluding hydrogens is 102 g/mol. The standard InChI is InChI=1S/C5H3N3/c1-3-8-4-2-7-5(8)6-1/h3-4H,(H,6,7). The first-order chi connectivity index (χ1) is 3.97. The van der Waals surface area contributed by atoms with Gasteiger partial charge >= 0.3 is 0 Å². The zero-order valence-corrected chi connectivity index (χ0v) is 4.05. The molecule has 0 unspecified atom stereocenters. The van der Waals surface area contributed by atoms with Gasteiger partial charge in [0.25, 0.3) is 0 Å². The van der Waals surface area contributed by atoms with Crippen molar-refractivity contribution in [1.29, 1.82) is 0 Å². The molecule has 38 valence electrons. The molecule has 0 aliphatic heterocycles. The van der Waals surface area contributed by atoms with Gasteiger partial charge in [0.15, 0.2) is 0 Å². The Bertz CT molecular complexity index is 229.